The van der Waals surface area contributed by atoms with E-state index in [2.05, 4.69) is 10.2 Å². The summed E-state index contributed by atoms with van der Waals surface area (Å²) >= 11 is 0. The van der Waals surface area contributed by atoms with E-state index >= 15 is 0 Å². The van der Waals surface area contributed by atoms with E-state index in [0.717, 1.165) is 31.9 Å². The number of likely N-dealkylation sites (tertiary alicyclic amines) is 1. The number of halogens is 3. The first-order valence-electron chi connectivity index (χ1n) is 9.07. The number of hydrogen-bond donors (Lipinski definition) is 1. The molecule has 5 nitrogen and oxygen atoms in total. The predicted molar refractivity (Wildman–Crippen MR) is 96.5 cm³/mol. The fourth-order valence-electron chi connectivity index (χ4n) is 4.33. The van der Waals surface area contributed by atoms with Crippen molar-refractivity contribution in [1.82, 2.24) is 9.80 Å². The number of benzene rings is 1. The summed E-state index contributed by atoms with van der Waals surface area (Å²) in [5.74, 6) is 0.570. The van der Waals surface area contributed by atoms with Crippen molar-refractivity contribution in [1.29, 1.82) is 0 Å². The Morgan fingerprint density at radius 2 is 2.07 bits per heavy atom. The highest BCUT2D eigenvalue weighted by Gasteiger charge is 2.55. The van der Waals surface area contributed by atoms with Gasteiger partial charge in [-0.25, -0.2) is 4.79 Å². The maximum absolute atomic E-state index is 13.3. The normalized spacial score (nSPS) is 24.7. The van der Waals surface area contributed by atoms with Gasteiger partial charge in [0.25, 0.3) is 0 Å². The molecule has 2 fully saturated rings. The van der Waals surface area contributed by atoms with Crippen molar-refractivity contribution in [2.45, 2.75) is 37.6 Å². The largest absolute Gasteiger partial charge is 0.416 e. The van der Waals surface area contributed by atoms with Gasteiger partial charge in [-0.05, 0) is 57.0 Å². The molecule has 1 saturated heterocycles. The minimum absolute atomic E-state index is 0.0499. The van der Waals surface area contributed by atoms with Crippen LogP contribution in [0.25, 0.3) is 0 Å². The van der Waals surface area contributed by atoms with Crippen molar-refractivity contribution in [2.24, 2.45) is 5.92 Å². The quantitative estimate of drug-likeness (QED) is 0.839. The third kappa shape index (κ3) is 4.06. The molecule has 0 bridgehead atoms. The molecule has 3 rings (SSSR count). The fraction of sp³-hybridized carbons (Fsp3) is 0.632. The maximum atomic E-state index is 13.3. The van der Waals surface area contributed by atoms with Gasteiger partial charge in [-0.1, -0.05) is 6.07 Å². The average molecular weight is 385 g/mol. The number of anilines is 1. The average Bonchev–Trinajstić information content (AvgIpc) is 2.49. The van der Waals surface area contributed by atoms with Crippen LogP contribution in [0.1, 0.15) is 30.4 Å². The van der Waals surface area contributed by atoms with E-state index in [1.54, 1.807) is 4.90 Å². The van der Waals surface area contributed by atoms with Gasteiger partial charge < -0.3 is 19.9 Å². The lowest BCUT2D eigenvalue weighted by Crippen LogP contribution is -2.69. The molecular weight excluding hydrogens is 359 g/mol. The molecule has 0 unspecified atom stereocenters. The highest BCUT2D eigenvalue weighted by atomic mass is 19.4. The zero-order valence-electron chi connectivity index (χ0n) is 15.9. The molecule has 8 heteroatoms. The standard InChI is InChI=1S/C19H26F3N3O2/c1-24(2)11-13-9-18(10-13)6-7-25(18)17(26)23-15-5-4-14(12-27-3)16(8-15)19(20,21)22/h4-5,8,13H,6-7,9-12H2,1-3H3,(H,23,26). The van der Waals surface area contributed by atoms with Crippen LogP contribution in [0.2, 0.25) is 0 Å². The van der Waals surface area contributed by atoms with Crippen molar-refractivity contribution < 1.29 is 22.7 Å². The summed E-state index contributed by atoms with van der Waals surface area (Å²) < 4.78 is 44.7. The molecule has 1 aromatic carbocycles. The molecular formula is C19H26F3N3O2. The van der Waals surface area contributed by atoms with E-state index in [1.165, 1.54) is 19.2 Å². The van der Waals surface area contributed by atoms with Gasteiger partial charge in [0.1, 0.15) is 0 Å². The van der Waals surface area contributed by atoms with Gasteiger partial charge in [0.05, 0.1) is 12.2 Å². The van der Waals surface area contributed by atoms with Crippen LogP contribution in [0.5, 0.6) is 0 Å². The van der Waals surface area contributed by atoms with E-state index in [4.69, 9.17) is 4.74 Å². The SMILES string of the molecule is COCc1ccc(NC(=O)N2CCC23CC(CN(C)C)C3)cc1C(F)(F)F. The van der Waals surface area contributed by atoms with E-state index in [0.29, 0.717) is 12.5 Å². The summed E-state index contributed by atoms with van der Waals surface area (Å²) in [4.78, 5) is 16.5. The Labute approximate surface area is 157 Å². The number of amides is 2. The minimum atomic E-state index is -4.50. The Bertz CT molecular complexity index is 700. The summed E-state index contributed by atoms with van der Waals surface area (Å²) in [6.45, 7) is 1.51. The Kier molecular flexibility index (Phi) is 5.40. The molecule has 0 atom stereocenters. The highest BCUT2D eigenvalue weighted by Crippen LogP contribution is 2.50. The molecule has 27 heavy (non-hydrogen) atoms. The molecule has 0 radical (unpaired) electrons. The third-order valence-electron chi connectivity index (χ3n) is 5.55. The molecule has 1 aliphatic carbocycles. The molecule has 1 N–H and O–H groups in total. The van der Waals surface area contributed by atoms with E-state index in [-0.39, 0.29) is 29.4 Å². The van der Waals surface area contributed by atoms with Gasteiger partial charge in [0.15, 0.2) is 0 Å². The second kappa shape index (κ2) is 7.31. The molecule has 1 aliphatic heterocycles. The topological polar surface area (TPSA) is 44.8 Å². The maximum Gasteiger partial charge on any atom is 0.416 e. The first kappa shape index (κ1) is 19.9. The molecule has 2 amide bonds. The van der Waals surface area contributed by atoms with Crippen LogP contribution in [0, 0.1) is 5.92 Å². The van der Waals surface area contributed by atoms with Crippen molar-refractivity contribution in [2.75, 3.05) is 39.6 Å². The van der Waals surface area contributed by atoms with E-state index in [9.17, 15) is 18.0 Å². The molecule has 150 valence electrons. The molecule has 1 spiro atoms. The lowest BCUT2D eigenvalue weighted by molar-refractivity contribution is -0.138. The van der Waals surface area contributed by atoms with Gasteiger partial charge in [0.2, 0.25) is 0 Å². The third-order valence-corrected chi connectivity index (χ3v) is 5.55. The van der Waals surface area contributed by atoms with Crippen LogP contribution < -0.4 is 5.32 Å². The number of alkyl halides is 3. The van der Waals surface area contributed by atoms with Crippen molar-refractivity contribution >= 4 is 11.7 Å². The monoisotopic (exact) mass is 385 g/mol. The van der Waals surface area contributed by atoms with Crippen LogP contribution in [-0.2, 0) is 17.5 Å². The fourth-order valence-corrected chi connectivity index (χ4v) is 4.33. The van der Waals surface area contributed by atoms with Crippen LogP contribution in [0.4, 0.5) is 23.7 Å². The van der Waals surface area contributed by atoms with E-state index in [1.807, 2.05) is 14.1 Å². The van der Waals surface area contributed by atoms with Crippen molar-refractivity contribution in [3.8, 4) is 0 Å². The molecule has 1 aromatic rings. The molecule has 2 aliphatic rings. The molecule has 0 aromatic heterocycles. The second-order valence-electron chi connectivity index (χ2n) is 7.90. The van der Waals surface area contributed by atoms with Crippen molar-refractivity contribution in [3.63, 3.8) is 0 Å². The molecule has 1 heterocycles. The van der Waals surface area contributed by atoms with Gasteiger partial charge in [-0.15, -0.1) is 0 Å². The molecule has 1 saturated carbocycles. The number of nitrogens with one attached hydrogen (secondary N) is 1. The van der Waals surface area contributed by atoms with Crippen molar-refractivity contribution in [3.05, 3.63) is 29.3 Å². The first-order chi connectivity index (χ1) is 12.6. The zero-order chi connectivity index (χ0) is 19.8. The number of rotatable bonds is 5. The summed E-state index contributed by atoms with van der Waals surface area (Å²) in [7, 11) is 5.41. The Hall–Kier alpha value is -1.80. The number of nitrogens with zero attached hydrogens (tertiary/aromatic N) is 2. The summed E-state index contributed by atoms with van der Waals surface area (Å²) in [5, 5.41) is 2.64. The second-order valence-corrected chi connectivity index (χ2v) is 7.90. The lowest BCUT2D eigenvalue weighted by atomic mass is 9.61. The number of urea groups is 1. The Balaban J connectivity index is 1.66. The first-order valence-corrected chi connectivity index (χ1v) is 9.07. The van der Waals surface area contributed by atoms with Crippen LogP contribution in [0.3, 0.4) is 0 Å². The predicted octanol–water partition coefficient (Wildman–Crippen LogP) is 3.80. The van der Waals surface area contributed by atoms with Crippen LogP contribution in [0.15, 0.2) is 18.2 Å². The van der Waals surface area contributed by atoms with Gasteiger partial charge >= 0.3 is 12.2 Å². The van der Waals surface area contributed by atoms with Gasteiger partial charge in [-0.3, -0.25) is 0 Å². The highest BCUT2D eigenvalue weighted by molar-refractivity contribution is 5.90. The number of hydrogen-bond acceptors (Lipinski definition) is 3. The lowest BCUT2D eigenvalue weighted by Gasteiger charge is -2.61. The van der Waals surface area contributed by atoms with Crippen LogP contribution >= 0.6 is 0 Å². The number of carbonyl (C=O) groups excluding carboxylic acids is 1. The Morgan fingerprint density at radius 1 is 1.37 bits per heavy atom. The summed E-state index contributed by atoms with van der Waals surface area (Å²) in [6.07, 6.45) is -1.62. The number of ether oxygens (including phenoxy) is 1. The number of methoxy groups -OCH3 is 1. The number of carbonyl (C=O) groups is 1. The van der Waals surface area contributed by atoms with Crippen LogP contribution in [-0.4, -0.2) is 55.7 Å². The Morgan fingerprint density at radius 3 is 2.59 bits per heavy atom. The smallest absolute Gasteiger partial charge is 0.380 e. The summed E-state index contributed by atoms with van der Waals surface area (Å²) in [6, 6.07) is 3.50. The van der Waals surface area contributed by atoms with Gasteiger partial charge in [-0.2, -0.15) is 13.2 Å². The van der Waals surface area contributed by atoms with Gasteiger partial charge in [0, 0.05) is 31.4 Å². The van der Waals surface area contributed by atoms with E-state index < -0.39 is 11.7 Å². The minimum Gasteiger partial charge on any atom is -0.380 e. The zero-order valence-corrected chi connectivity index (χ0v) is 15.9. The summed E-state index contributed by atoms with van der Waals surface area (Å²) in [5.41, 5.74) is -0.685.